The largest absolute Gasteiger partial charge is 0.323 e. The summed E-state index contributed by atoms with van der Waals surface area (Å²) >= 11 is 1.66. The third-order valence-electron chi connectivity index (χ3n) is 3.41. The Kier molecular flexibility index (Phi) is 2.82. The predicted octanol–water partition coefficient (Wildman–Crippen LogP) is 3.53. The molecule has 6 heteroatoms. The molecule has 104 valence electrons. The molecule has 1 aliphatic rings. The molecule has 3 heterocycles. The quantitative estimate of drug-likeness (QED) is 0.787. The monoisotopic (exact) mass is 298 g/mol. The lowest BCUT2D eigenvalue weighted by atomic mass is 10.0. The fraction of sp³-hybridized carbons (Fsp3) is 0.0667. The van der Waals surface area contributed by atoms with Gasteiger partial charge in [-0.1, -0.05) is 18.2 Å². The lowest BCUT2D eigenvalue weighted by Crippen LogP contribution is -2.19. The first-order valence-electron chi connectivity index (χ1n) is 6.49. The third kappa shape index (κ3) is 2.13. The summed E-state index contributed by atoms with van der Waals surface area (Å²) in [5.41, 5.74) is 1.97. The molecule has 0 bridgehead atoms. The molecule has 0 unspecified atom stereocenters. The highest BCUT2D eigenvalue weighted by Gasteiger charge is 2.23. The van der Waals surface area contributed by atoms with Crippen LogP contribution in [-0.4, -0.2) is 14.8 Å². The first kappa shape index (κ1) is 12.3. The molecule has 1 aliphatic heterocycles. The van der Waals surface area contributed by atoms with E-state index in [0.717, 1.165) is 16.1 Å². The van der Waals surface area contributed by atoms with E-state index in [1.807, 2.05) is 11.4 Å². The molecule has 2 aromatic heterocycles. The van der Waals surface area contributed by atoms with E-state index in [4.69, 9.17) is 0 Å². The molecule has 4 rings (SSSR count). The van der Waals surface area contributed by atoms with Crippen molar-refractivity contribution in [2.45, 2.75) is 6.04 Å². The van der Waals surface area contributed by atoms with E-state index in [2.05, 4.69) is 27.5 Å². The van der Waals surface area contributed by atoms with Gasteiger partial charge in [0.25, 0.3) is 0 Å². The molecule has 0 aliphatic carbocycles. The summed E-state index contributed by atoms with van der Waals surface area (Å²) in [5.74, 6) is 0.448. The number of benzene rings is 1. The summed E-state index contributed by atoms with van der Waals surface area (Å²) in [5, 5.41) is 9.57. The summed E-state index contributed by atoms with van der Waals surface area (Å²) in [4.78, 5) is 5.38. The molecule has 0 saturated heterocycles. The van der Waals surface area contributed by atoms with Gasteiger partial charge in [0.1, 0.15) is 18.2 Å². The summed E-state index contributed by atoms with van der Waals surface area (Å²) in [7, 11) is 0. The molecule has 1 atom stereocenters. The molecule has 4 nitrogen and oxygen atoms in total. The average molecular weight is 298 g/mol. The SMILES string of the molecule is Fc1ccc([C@H]2C=C(c3cccs3)Nc3ncnn32)cc1. The molecule has 0 fully saturated rings. The molecule has 0 spiro atoms. The van der Waals surface area contributed by atoms with Crippen LogP contribution in [0.25, 0.3) is 5.70 Å². The first-order valence-corrected chi connectivity index (χ1v) is 7.37. The van der Waals surface area contributed by atoms with E-state index in [1.54, 1.807) is 28.2 Å². The van der Waals surface area contributed by atoms with Gasteiger partial charge in [-0.25, -0.2) is 9.07 Å². The van der Waals surface area contributed by atoms with Crippen LogP contribution in [0.2, 0.25) is 0 Å². The minimum atomic E-state index is -0.242. The van der Waals surface area contributed by atoms with E-state index < -0.39 is 0 Å². The Morgan fingerprint density at radius 1 is 1.19 bits per heavy atom. The zero-order valence-electron chi connectivity index (χ0n) is 10.9. The van der Waals surface area contributed by atoms with E-state index in [-0.39, 0.29) is 11.9 Å². The smallest absolute Gasteiger partial charge is 0.226 e. The number of nitrogens with one attached hydrogen (secondary N) is 1. The van der Waals surface area contributed by atoms with Crippen LogP contribution in [0.15, 0.2) is 54.2 Å². The van der Waals surface area contributed by atoms with Crippen LogP contribution in [0, 0.1) is 5.82 Å². The normalized spacial score (nSPS) is 17.0. The standard InChI is InChI=1S/C15H11FN4S/c16-11-5-3-10(4-6-11)13-8-12(14-2-1-7-21-14)19-15-17-9-18-20(13)15/h1-9,13H,(H,17,18,19)/t13-/m1/s1. The molecular formula is C15H11FN4S. The van der Waals surface area contributed by atoms with Crippen molar-refractivity contribution < 1.29 is 4.39 Å². The van der Waals surface area contributed by atoms with E-state index in [1.165, 1.54) is 18.5 Å². The van der Waals surface area contributed by atoms with Gasteiger partial charge < -0.3 is 5.32 Å². The van der Waals surface area contributed by atoms with Crippen molar-refractivity contribution in [3.05, 3.63) is 70.4 Å². The van der Waals surface area contributed by atoms with Gasteiger partial charge in [0.15, 0.2) is 0 Å². The van der Waals surface area contributed by atoms with Gasteiger partial charge in [-0.3, -0.25) is 0 Å². The van der Waals surface area contributed by atoms with Gasteiger partial charge in [-0.2, -0.15) is 10.1 Å². The molecule has 0 radical (unpaired) electrons. The Morgan fingerprint density at radius 2 is 2.05 bits per heavy atom. The highest BCUT2D eigenvalue weighted by Crippen LogP contribution is 2.33. The van der Waals surface area contributed by atoms with Crippen LogP contribution in [0.4, 0.5) is 10.3 Å². The molecular weight excluding hydrogens is 287 g/mol. The van der Waals surface area contributed by atoms with Crippen molar-refractivity contribution in [3.63, 3.8) is 0 Å². The van der Waals surface area contributed by atoms with Crippen LogP contribution in [0.1, 0.15) is 16.5 Å². The Bertz CT molecular complexity index is 789. The second-order valence-corrected chi connectivity index (χ2v) is 5.65. The fourth-order valence-corrected chi connectivity index (χ4v) is 3.11. The first-order chi connectivity index (χ1) is 10.3. The number of halogens is 1. The summed E-state index contributed by atoms with van der Waals surface area (Å²) < 4.78 is 14.9. The molecule has 0 saturated carbocycles. The van der Waals surface area contributed by atoms with E-state index >= 15 is 0 Å². The van der Waals surface area contributed by atoms with Crippen molar-refractivity contribution in [2.75, 3.05) is 5.32 Å². The zero-order valence-corrected chi connectivity index (χ0v) is 11.7. The Labute approximate surface area is 124 Å². The number of hydrogen-bond donors (Lipinski definition) is 1. The lowest BCUT2D eigenvalue weighted by Gasteiger charge is -2.23. The maximum Gasteiger partial charge on any atom is 0.226 e. The van der Waals surface area contributed by atoms with Crippen LogP contribution in [0.5, 0.6) is 0 Å². The lowest BCUT2D eigenvalue weighted by molar-refractivity contribution is 0.603. The number of fused-ring (bicyclic) bond motifs is 1. The third-order valence-corrected chi connectivity index (χ3v) is 4.31. The summed E-state index contributed by atoms with van der Waals surface area (Å²) in [6.07, 6.45) is 3.60. The molecule has 1 aromatic carbocycles. The van der Waals surface area contributed by atoms with Gasteiger partial charge in [-0.05, 0) is 35.2 Å². The second kappa shape index (κ2) is 4.82. The number of allylic oxidation sites excluding steroid dienone is 1. The highest BCUT2D eigenvalue weighted by molar-refractivity contribution is 7.11. The van der Waals surface area contributed by atoms with Crippen molar-refractivity contribution in [1.29, 1.82) is 0 Å². The maximum absolute atomic E-state index is 13.1. The van der Waals surface area contributed by atoms with Gasteiger partial charge in [0.2, 0.25) is 5.95 Å². The number of rotatable bonds is 2. The average Bonchev–Trinajstić information content (AvgIpc) is 3.18. The van der Waals surface area contributed by atoms with Gasteiger partial charge in [-0.15, -0.1) is 11.3 Å². The van der Waals surface area contributed by atoms with Crippen molar-refractivity contribution in [3.8, 4) is 0 Å². The van der Waals surface area contributed by atoms with Crippen molar-refractivity contribution >= 4 is 23.0 Å². The van der Waals surface area contributed by atoms with Crippen molar-refractivity contribution in [1.82, 2.24) is 14.8 Å². The summed E-state index contributed by atoms with van der Waals surface area (Å²) in [6, 6.07) is 10.4. The minimum Gasteiger partial charge on any atom is -0.323 e. The fourth-order valence-electron chi connectivity index (χ4n) is 2.41. The number of aromatic nitrogens is 3. The molecule has 0 amide bonds. The van der Waals surface area contributed by atoms with Gasteiger partial charge in [0.05, 0.1) is 10.6 Å². The molecule has 1 N–H and O–H groups in total. The summed E-state index contributed by atoms with van der Waals surface area (Å²) in [6.45, 7) is 0. The number of thiophene rings is 1. The topological polar surface area (TPSA) is 42.7 Å². The van der Waals surface area contributed by atoms with Crippen molar-refractivity contribution in [2.24, 2.45) is 0 Å². The highest BCUT2D eigenvalue weighted by atomic mass is 32.1. The van der Waals surface area contributed by atoms with Gasteiger partial charge in [0, 0.05) is 0 Å². The Morgan fingerprint density at radius 3 is 2.81 bits per heavy atom. The van der Waals surface area contributed by atoms with Crippen LogP contribution in [0.3, 0.4) is 0 Å². The van der Waals surface area contributed by atoms with Crippen LogP contribution < -0.4 is 5.32 Å². The van der Waals surface area contributed by atoms with E-state index in [0.29, 0.717) is 5.95 Å². The second-order valence-electron chi connectivity index (χ2n) is 4.71. The minimum absolute atomic E-state index is 0.0959. The van der Waals surface area contributed by atoms with E-state index in [9.17, 15) is 4.39 Å². The number of hydrogen-bond acceptors (Lipinski definition) is 4. The van der Waals surface area contributed by atoms with Crippen LogP contribution >= 0.6 is 11.3 Å². The Hall–Kier alpha value is -2.47. The molecule has 3 aromatic rings. The molecule has 21 heavy (non-hydrogen) atoms. The number of nitrogens with zero attached hydrogens (tertiary/aromatic N) is 3. The van der Waals surface area contributed by atoms with Crippen LogP contribution in [-0.2, 0) is 0 Å². The predicted molar refractivity (Wildman–Crippen MR) is 80.5 cm³/mol. The number of anilines is 1. The van der Waals surface area contributed by atoms with Gasteiger partial charge >= 0.3 is 0 Å². The maximum atomic E-state index is 13.1. The Balaban J connectivity index is 1.82. The zero-order chi connectivity index (χ0) is 14.2.